The van der Waals surface area contributed by atoms with E-state index in [-0.39, 0.29) is 6.42 Å². The molecule has 4 nitrogen and oxygen atoms in total. The Bertz CT molecular complexity index is 429. The average molecular weight is 259 g/mol. The highest BCUT2D eigenvalue weighted by Crippen LogP contribution is 2.40. The molecule has 1 rings (SSSR count). The van der Waals surface area contributed by atoms with Gasteiger partial charge in [0.05, 0.1) is 25.7 Å². The number of carboxylic acids is 1. The number of carboxylic acid groups (broad SMARTS) is 1. The van der Waals surface area contributed by atoms with E-state index >= 15 is 0 Å². The van der Waals surface area contributed by atoms with Crippen LogP contribution < -0.4 is 9.47 Å². The number of ether oxygens (including phenoxy) is 2. The van der Waals surface area contributed by atoms with Crippen molar-refractivity contribution in [2.24, 2.45) is 0 Å². The van der Waals surface area contributed by atoms with Gasteiger partial charge in [-0.3, -0.25) is 4.79 Å². The third-order valence-electron chi connectivity index (χ3n) is 2.49. The number of rotatable bonds is 5. The van der Waals surface area contributed by atoms with Crippen molar-refractivity contribution in [3.8, 4) is 11.5 Å². The summed E-state index contributed by atoms with van der Waals surface area (Å²) in [5.74, 6) is 0.0573. The second-order valence-corrected chi connectivity index (χ2v) is 3.89. The zero-order valence-electron chi connectivity index (χ0n) is 10.0. The van der Waals surface area contributed by atoms with Crippen molar-refractivity contribution in [3.05, 3.63) is 22.2 Å². The van der Waals surface area contributed by atoms with E-state index in [1.165, 1.54) is 14.2 Å². The predicted octanol–water partition coefficient (Wildman–Crippen LogP) is 2.55. The Morgan fingerprint density at radius 1 is 1.35 bits per heavy atom. The van der Waals surface area contributed by atoms with Gasteiger partial charge in [0.25, 0.3) is 0 Å². The molecule has 0 saturated heterocycles. The number of aliphatic carboxylic acids is 1. The monoisotopic (exact) mass is 258 g/mol. The molecule has 0 aromatic heterocycles. The largest absolute Gasteiger partial charge is 0.493 e. The van der Waals surface area contributed by atoms with Crippen molar-refractivity contribution in [1.82, 2.24) is 0 Å². The average Bonchev–Trinajstić information content (AvgIpc) is 2.27. The lowest BCUT2D eigenvalue weighted by atomic mass is 10.0. The molecule has 0 heterocycles. The van der Waals surface area contributed by atoms with E-state index in [0.29, 0.717) is 28.5 Å². The first-order chi connectivity index (χ1) is 8.04. The van der Waals surface area contributed by atoms with Crippen molar-refractivity contribution in [2.75, 3.05) is 14.2 Å². The fourth-order valence-corrected chi connectivity index (χ4v) is 2.11. The van der Waals surface area contributed by atoms with Gasteiger partial charge in [0, 0.05) is 5.56 Å². The van der Waals surface area contributed by atoms with Crippen molar-refractivity contribution in [3.63, 3.8) is 0 Å². The van der Waals surface area contributed by atoms with E-state index in [2.05, 4.69) is 0 Å². The number of hydrogen-bond donors (Lipinski definition) is 1. The maximum Gasteiger partial charge on any atom is 0.307 e. The van der Waals surface area contributed by atoms with Crippen LogP contribution in [-0.4, -0.2) is 25.3 Å². The minimum atomic E-state index is -0.900. The van der Waals surface area contributed by atoms with Gasteiger partial charge in [0.2, 0.25) is 0 Å². The summed E-state index contributed by atoms with van der Waals surface area (Å²) in [4.78, 5) is 10.8. The van der Waals surface area contributed by atoms with Crippen LogP contribution in [0, 0.1) is 0 Å². The number of hydrogen-bond acceptors (Lipinski definition) is 3. The SMILES string of the molecule is CCc1c(CC(=O)O)cc(Cl)c(OC)c1OC. The summed E-state index contributed by atoms with van der Waals surface area (Å²) in [6.07, 6.45) is 0.572. The molecule has 0 atom stereocenters. The van der Waals surface area contributed by atoms with Gasteiger partial charge in [-0.1, -0.05) is 18.5 Å². The molecule has 5 heteroatoms. The zero-order valence-corrected chi connectivity index (χ0v) is 10.8. The van der Waals surface area contributed by atoms with Crippen molar-refractivity contribution < 1.29 is 19.4 Å². The highest BCUT2D eigenvalue weighted by Gasteiger charge is 2.18. The van der Waals surface area contributed by atoms with Crippen LogP contribution in [-0.2, 0) is 17.6 Å². The minimum Gasteiger partial charge on any atom is -0.493 e. The van der Waals surface area contributed by atoms with Crippen LogP contribution in [0.15, 0.2) is 6.07 Å². The molecule has 0 saturated carbocycles. The third-order valence-corrected chi connectivity index (χ3v) is 2.77. The molecule has 17 heavy (non-hydrogen) atoms. The van der Waals surface area contributed by atoms with E-state index in [4.69, 9.17) is 26.2 Å². The molecule has 0 aliphatic heterocycles. The van der Waals surface area contributed by atoms with E-state index in [1.54, 1.807) is 6.07 Å². The van der Waals surface area contributed by atoms with Gasteiger partial charge >= 0.3 is 5.97 Å². The second-order valence-electron chi connectivity index (χ2n) is 3.49. The summed E-state index contributed by atoms with van der Waals surface area (Å²) in [6, 6.07) is 1.62. The van der Waals surface area contributed by atoms with Crippen molar-refractivity contribution >= 4 is 17.6 Å². The first kappa shape index (κ1) is 13.6. The molecule has 0 radical (unpaired) electrons. The van der Waals surface area contributed by atoms with Gasteiger partial charge in [0.1, 0.15) is 0 Å². The minimum absolute atomic E-state index is 0.0801. The van der Waals surface area contributed by atoms with E-state index in [1.807, 2.05) is 6.92 Å². The first-order valence-electron chi connectivity index (χ1n) is 5.19. The van der Waals surface area contributed by atoms with Gasteiger partial charge in [-0.15, -0.1) is 0 Å². The van der Waals surface area contributed by atoms with Crippen molar-refractivity contribution in [1.29, 1.82) is 0 Å². The van der Waals surface area contributed by atoms with Crippen LogP contribution in [0.2, 0.25) is 5.02 Å². The maximum atomic E-state index is 10.8. The fraction of sp³-hybridized carbons (Fsp3) is 0.417. The molecule has 0 aliphatic carbocycles. The Morgan fingerprint density at radius 2 is 1.94 bits per heavy atom. The fourth-order valence-electron chi connectivity index (χ4n) is 1.81. The molecule has 1 N–H and O–H groups in total. The van der Waals surface area contributed by atoms with Gasteiger partial charge in [-0.2, -0.15) is 0 Å². The summed E-state index contributed by atoms with van der Waals surface area (Å²) < 4.78 is 10.4. The second kappa shape index (κ2) is 5.77. The molecule has 0 spiro atoms. The molecule has 0 fully saturated rings. The van der Waals surface area contributed by atoms with E-state index < -0.39 is 5.97 Å². The van der Waals surface area contributed by atoms with Gasteiger partial charge in [0.15, 0.2) is 11.5 Å². The highest BCUT2D eigenvalue weighted by atomic mass is 35.5. The Labute approximate surface area is 105 Å². The van der Waals surface area contributed by atoms with Crippen LogP contribution in [0.25, 0.3) is 0 Å². The maximum absolute atomic E-state index is 10.8. The lowest BCUT2D eigenvalue weighted by Gasteiger charge is -2.16. The summed E-state index contributed by atoms with van der Waals surface area (Å²) in [6.45, 7) is 1.93. The van der Waals surface area contributed by atoms with Crippen LogP contribution in [0.5, 0.6) is 11.5 Å². The van der Waals surface area contributed by atoms with Crippen molar-refractivity contribution in [2.45, 2.75) is 19.8 Å². The van der Waals surface area contributed by atoms with Crippen LogP contribution >= 0.6 is 11.6 Å². The molecule has 1 aromatic rings. The molecule has 0 bridgehead atoms. The zero-order chi connectivity index (χ0) is 13.0. The number of halogens is 1. The molecular formula is C12H15ClO4. The van der Waals surface area contributed by atoms with Crippen LogP contribution in [0.1, 0.15) is 18.1 Å². The van der Waals surface area contributed by atoms with Gasteiger partial charge in [-0.05, 0) is 18.1 Å². The highest BCUT2D eigenvalue weighted by molar-refractivity contribution is 6.32. The summed E-state index contributed by atoms with van der Waals surface area (Å²) in [7, 11) is 3.01. The molecule has 0 amide bonds. The Kier molecular flexibility index (Phi) is 4.63. The Balaban J connectivity index is 3.41. The summed E-state index contributed by atoms with van der Waals surface area (Å²) in [5.41, 5.74) is 1.47. The lowest BCUT2D eigenvalue weighted by Crippen LogP contribution is -2.06. The predicted molar refractivity (Wildman–Crippen MR) is 65.3 cm³/mol. The van der Waals surface area contributed by atoms with E-state index in [0.717, 1.165) is 5.56 Å². The molecular weight excluding hydrogens is 244 g/mol. The quantitative estimate of drug-likeness (QED) is 0.882. The Morgan fingerprint density at radius 3 is 2.35 bits per heavy atom. The standard InChI is InChI=1S/C12H15ClO4/c1-4-8-7(6-10(14)15)5-9(13)12(17-3)11(8)16-2/h5H,4,6H2,1-3H3,(H,14,15). The molecule has 0 unspecified atom stereocenters. The summed E-state index contributed by atoms with van der Waals surface area (Å²) in [5, 5.41) is 9.21. The molecule has 94 valence electrons. The first-order valence-corrected chi connectivity index (χ1v) is 5.56. The Hall–Kier alpha value is -1.42. The smallest absolute Gasteiger partial charge is 0.307 e. The number of carbonyl (C=O) groups is 1. The number of benzene rings is 1. The molecule has 1 aromatic carbocycles. The van der Waals surface area contributed by atoms with E-state index in [9.17, 15) is 4.79 Å². The van der Waals surface area contributed by atoms with Crippen LogP contribution in [0.3, 0.4) is 0 Å². The molecule has 0 aliphatic rings. The third kappa shape index (κ3) is 2.82. The summed E-state index contributed by atoms with van der Waals surface area (Å²) >= 11 is 6.03. The van der Waals surface area contributed by atoms with Crippen LogP contribution in [0.4, 0.5) is 0 Å². The normalized spacial score (nSPS) is 10.1. The van der Waals surface area contributed by atoms with Gasteiger partial charge in [-0.25, -0.2) is 0 Å². The number of methoxy groups -OCH3 is 2. The lowest BCUT2D eigenvalue weighted by molar-refractivity contribution is -0.136. The topological polar surface area (TPSA) is 55.8 Å². The van der Waals surface area contributed by atoms with Gasteiger partial charge < -0.3 is 14.6 Å².